The first kappa shape index (κ1) is 10.4. The Hall–Kier alpha value is -2.07. The van der Waals surface area contributed by atoms with Crippen LogP contribution in [-0.2, 0) is 7.05 Å². The number of aromatic nitrogens is 4. The van der Waals surface area contributed by atoms with Gasteiger partial charge in [0.25, 0.3) is 0 Å². The highest BCUT2D eigenvalue weighted by Crippen LogP contribution is 2.24. The minimum Gasteiger partial charge on any atom is -0.273 e. The van der Waals surface area contributed by atoms with E-state index in [9.17, 15) is 4.79 Å². The van der Waals surface area contributed by atoms with Crippen molar-refractivity contribution < 1.29 is 0 Å². The van der Waals surface area contributed by atoms with Gasteiger partial charge < -0.3 is 0 Å². The van der Waals surface area contributed by atoms with Crippen molar-refractivity contribution in [1.82, 2.24) is 19.7 Å². The highest BCUT2D eigenvalue weighted by atomic mass is 32.2. The summed E-state index contributed by atoms with van der Waals surface area (Å²) in [6, 6.07) is 5.35. The summed E-state index contributed by atoms with van der Waals surface area (Å²) in [4.78, 5) is 15.8. The van der Waals surface area contributed by atoms with Crippen molar-refractivity contribution in [2.45, 2.75) is 10.1 Å². The maximum absolute atomic E-state index is 11.1. The van der Waals surface area contributed by atoms with Crippen LogP contribution in [0.4, 0.5) is 0 Å². The van der Waals surface area contributed by atoms with E-state index in [0.29, 0.717) is 10.9 Å². The summed E-state index contributed by atoms with van der Waals surface area (Å²) < 4.78 is 1.40. The highest BCUT2D eigenvalue weighted by Gasteiger charge is 2.06. The van der Waals surface area contributed by atoms with Crippen molar-refractivity contribution in [3.05, 3.63) is 34.5 Å². The second-order valence-electron chi connectivity index (χ2n) is 2.96. The zero-order valence-corrected chi connectivity index (χ0v) is 9.15. The van der Waals surface area contributed by atoms with Crippen LogP contribution >= 0.6 is 11.8 Å². The quantitative estimate of drug-likeness (QED) is 0.817. The van der Waals surface area contributed by atoms with Gasteiger partial charge in [-0.05, 0) is 23.9 Å². The lowest BCUT2D eigenvalue weighted by Gasteiger charge is -1.99. The second kappa shape index (κ2) is 4.20. The molecule has 2 aromatic rings. The van der Waals surface area contributed by atoms with Gasteiger partial charge in [0.05, 0.1) is 0 Å². The molecule has 0 unspecified atom stereocenters. The van der Waals surface area contributed by atoms with Gasteiger partial charge in [-0.15, -0.1) is 5.10 Å². The van der Waals surface area contributed by atoms with Crippen LogP contribution in [0.5, 0.6) is 0 Å². The van der Waals surface area contributed by atoms with Gasteiger partial charge in [0.1, 0.15) is 11.8 Å². The fraction of sp³-hybridized carbons (Fsp3) is 0.111. The molecule has 2 heterocycles. The molecule has 0 saturated heterocycles. The SMILES string of the molecule is Cn1c(Sc2ccnc(C#N)c2)n[nH]c1=O. The number of nitrogens with zero attached hydrogens (tertiary/aromatic N) is 4. The fourth-order valence-electron chi connectivity index (χ4n) is 1.06. The van der Waals surface area contributed by atoms with E-state index in [4.69, 9.17) is 5.26 Å². The third-order valence-corrected chi connectivity index (χ3v) is 2.93. The molecule has 0 bridgehead atoms. The van der Waals surface area contributed by atoms with Crippen LogP contribution in [0, 0.1) is 11.3 Å². The van der Waals surface area contributed by atoms with Crippen LogP contribution in [-0.4, -0.2) is 19.7 Å². The summed E-state index contributed by atoms with van der Waals surface area (Å²) in [7, 11) is 1.63. The Morgan fingerprint density at radius 3 is 3.06 bits per heavy atom. The van der Waals surface area contributed by atoms with Gasteiger partial charge in [-0.2, -0.15) is 5.26 Å². The summed E-state index contributed by atoms with van der Waals surface area (Å²) in [6.45, 7) is 0. The number of nitriles is 1. The molecule has 0 amide bonds. The Balaban J connectivity index is 2.31. The molecule has 2 aromatic heterocycles. The number of aromatic amines is 1. The fourth-order valence-corrected chi connectivity index (χ4v) is 1.89. The van der Waals surface area contributed by atoms with E-state index in [1.54, 1.807) is 25.4 Å². The van der Waals surface area contributed by atoms with Crippen LogP contribution in [0.3, 0.4) is 0 Å². The average Bonchev–Trinajstić information content (AvgIpc) is 2.61. The standard InChI is InChI=1S/C9H7N5OS/c1-14-8(15)12-13-9(14)16-7-2-3-11-6(4-7)5-10/h2-4H,1H3,(H,12,15). The average molecular weight is 233 g/mol. The molecule has 6 nitrogen and oxygen atoms in total. The molecule has 0 saturated carbocycles. The maximum Gasteiger partial charge on any atom is 0.343 e. The van der Waals surface area contributed by atoms with E-state index < -0.39 is 0 Å². The van der Waals surface area contributed by atoms with Crippen molar-refractivity contribution in [3.8, 4) is 6.07 Å². The summed E-state index contributed by atoms with van der Waals surface area (Å²) in [6.07, 6.45) is 1.55. The lowest BCUT2D eigenvalue weighted by atomic mass is 10.4. The van der Waals surface area contributed by atoms with Crippen LogP contribution in [0.2, 0.25) is 0 Å². The van der Waals surface area contributed by atoms with Crippen molar-refractivity contribution in [1.29, 1.82) is 5.26 Å². The first-order chi connectivity index (χ1) is 7.70. The molecule has 80 valence electrons. The molecular formula is C9H7N5OS. The molecule has 7 heteroatoms. The first-order valence-electron chi connectivity index (χ1n) is 4.36. The minimum absolute atomic E-state index is 0.267. The third-order valence-electron chi connectivity index (χ3n) is 1.89. The molecule has 1 N–H and O–H groups in total. The van der Waals surface area contributed by atoms with Gasteiger partial charge in [0, 0.05) is 18.1 Å². The van der Waals surface area contributed by atoms with Gasteiger partial charge in [-0.25, -0.2) is 14.9 Å². The molecule has 0 aliphatic rings. The smallest absolute Gasteiger partial charge is 0.273 e. The van der Waals surface area contributed by atoms with Crippen molar-refractivity contribution in [2.24, 2.45) is 7.05 Å². The van der Waals surface area contributed by atoms with E-state index in [2.05, 4.69) is 15.2 Å². The van der Waals surface area contributed by atoms with Crippen LogP contribution in [0.15, 0.2) is 33.2 Å². The molecule has 0 aliphatic heterocycles. The van der Waals surface area contributed by atoms with Gasteiger partial charge in [-0.1, -0.05) is 0 Å². The number of pyridine rings is 1. The van der Waals surface area contributed by atoms with E-state index >= 15 is 0 Å². The monoisotopic (exact) mass is 233 g/mol. The molecule has 0 atom stereocenters. The summed E-state index contributed by atoms with van der Waals surface area (Å²) in [5.41, 5.74) is 0.0719. The molecule has 0 spiro atoms. The zero-order chi connectivity index (χ0) is 11.5. The molecule has 0 fully saturated rings. The van der Waals surface area contributed by atoms with Gasteiger partial charge >= 0.3 is 5.69 Å². The number of nitrogens with one attached hydrogen (secondary N) is 1. The Kier molecular flexibility index (Phi) is 2.74. The van der Waals surface area contributed by atoms with Crippen molar-refractivity contribution >= 4 is 11.8 Å². The molecule has 0 radical (unpaired) electrons. The van der Waals surface area contributed by atoms with Gasteiger partial charge in [0.15, 0.2) is 5.16 Å². The number of H-pyrrole nitrogens is 1. The lowest BCUT2D eigenvalue weighted by molar-refractivity contribution is 0.766. The Labute approximate surface area is 94.9 Å². The predicted octanol–water partition coefficient (Wildman–Crippen LogP) is 0.526. The molecule has 2 rings (SSSR count). The van der Waals surface area contributed by atoms with Gasteiger partial charge in [-0.3, -0.25) is 4.57 Å². The highest BCUT2D eigenvalue weighted by molar-refractivity contribution is 7.99. The Morgan fingerprint density at radius 1 is 1.62 bits per heavy atom. The lowest BCUT2D eigenvalue weighted by Crippen LogP contribution is -2.12. The first-order valence-corrected chi connectivity index (χ1v) is 5.18. The van der Waals surface area contributed by atoms with Crippen LogP contribution < -0.4 is 5.69 Å². The number of hydrogen-bond donors (Lipinski definition) is 1. The van der Waals surface area contributed by atoms with Crippen molar-refractivity contribution in [2.75, 3.05) is 0 Å². The normalized spacial score (nSPS) is 10.0. The van der Waals surface area contributed by atoms with E-state index in [1.165, 1.54) is 16.3 Å². The van der Waals surface area contributed by atoms with Crippen LogP contribution in [0.1, 0.15) is 5.69 Å². The molecule has 16 heavy (non-hydrogen) atoms. The van der Waals surface area contributed by atoms with E-state index in [0.717, 1.165) is 4.90 Å². The molecule has 0 aromatic carbocycles. The maximum atomic E-state index is 11.1. The Bertz CT molecular complexity index is 609. The second-order valence-corrected chi connectivity index (χ2v) is 4.00. The largest absolute Gasteiger partial charge is 0.343 e. The zero-order valence-electron chi connectivity index (χ0n) is 8.34. The minimum atomic E-state index is -0.267. The summed E-state index contributed by atoms with van der Waals surface area (Å²) in [5, 5.41) is 15.4. The molecule has 0 aliphatic carbocycles. The van der Waals surface area contributed by atoms with E-state index in [1.807, 2.05) is 6.07 Å². The van der Waals surface area contributed by atoms with Crippen molar-refractivity contribution in [3.63, 3.8) is 0 Å². The summed E-state index contributed by atoms with van der Waals surface area (Å²) in [5.74, 6) is 0. The number of rotatable bonds is 2. The van der Waals surface area contributed by atoms with Gasteiger partial charge in [0.2, 0.25) is 0 Å². The predicted molar refractivity (Wildman–Crippen MR) is 56.9 cm³/mol. The number of hydrogen-bond acceptors (Lipinski definition) is 5. The Morgan fingerprint density at radius 2 is 2.44 bits per heavy atom. The van der Waals surface area contributed by atoms with E-state index in [-0.39, 0.29) is 5.69 Å². The topological polar surface area (TPSA) is 87.4 Å². The summed E-state index contributed by atoms with van der Waals surface area (Å²) >= 11 is 1.29. The third kappa shape index (κ3) is 1.97. The molecular weight excluding hydrogens is 226 g/mol. The van der Waals surface area contributed by atoms with Crippen LogP contribution in [0.25, 0.3) is 0 Å².